The van der Waals surface area contributed by atoms with Crippen molar-refractivity contribution < 1.29 is 4.79 Å². The minimum atomic E-state index is -0.418. The van der Waals surface area contributed by atoms with Gasteiger partial charge in [-0.15, -0.1) is 0 Å². The summed E-state index contributed by atoms with van der Waals surface area (Å²) in [6.07, 6.45) is 0. The molecule has 1 aromatic rings. The molecule has 0 saturated carbocycles. The molecule has 0 heterocycles. The van der Waals surface area contributed by atoms with Crippen LogP contribution in [0.15, 0.2) is 22.7 Å². The Morgan fingerprint density at radius 1 is 1.58 bits per heavy atom. The molecule has 1 rings (SSSR count). The molecule has 0 atom stereocenters. The molecule has 0 aliphatic rings. The van der Waals surface area contributed by atoms with Gasteiger partial charge in [-0.05, 0) is 34.1 Å². The Bertz CT molecular complexity index is 312. The van der Waals surface area contributed by atoms with Gasteiger partial charge in [-0.2, -0.15) is 0 Å². The van der Waals surface area contributed by atoms with E-state index in [2.05, 4.69) is 21.2 Å². The number of halogens is 1. The fourth-order valence-corrected chi connectivity index (χ4v) is 1.45. The van der Waals surface area contributed by atoms with Gasteiger partial charge in [0.1, 0.15) is 0 Å². The van der Waals surface area contributed by atoms with Crippen molar-refractivity contribution in [2.24, 2.45) is 5.73 Å². The molecule has 0 bridgehead atoms. The van der Waals surface area contributed by atoms with Crippen molar-refractivity contribution >= 4 is 27.5 Å². The molecule has 4 heteroatoms. The van der Waals surface area contributed by atoms with Crippen LogP contribution in [0, 0.1) is 0 Å². The number of hydrogen-bond acceptors (Lipinski definition) is 2. The predicted octanol–water partition coefficient (Wildman–Crippen LogP) is 1.59. The van der Waals surface area contributed by atoms with Crippen LogP contribution in [-0.2, 0) is 0 Å². The highest BCUT2D eigenvalue weighted by molar-refractivity contribution is 9.10. The number of nitrogens with one attached hydrogen (secondary N) is 1. The van der Waals surface area contributed by atoms with Gasteiger partial charge in [0.2, 0.25) is 5.91 Å². The van der Waals surface area contributed by atoms with Crippen LogP contribution in [0.25, 0.3) is 0 Å². The van der Waals surface area contributed by atoms with Crippen molar-refractivity contribution in [2.45, 2.75) is 0 Å². The molecule has 3 N–H and O–H groups in total. The van der Waals surface area contributed by atoms with Crippen LogP contribution in [-0.4, -0.2) is 13.0 Å². The highest BCUT2D eigenvalue weighted by Gasteiger charge is 2.02. The Balaban J connectivity index is 3.10. The van der Waals surface area contributed by atoms with Crippen LogP contribution in [0.3, 0.4) is 0 Å². The molecule has 0 aromatic heterocycles. The van der Waals surface area contributed by atoms with E-state index in [1.807, 2.05) is 7.05 Å². The lowest BCUT2D eigenvalue weighted by molar-refractivity contribution is 0.100. The number of amides is 1. The van der Waals surface area contributed by atoms with Crippen LogP contribution in [0.4, 0.5) is 5.69 Å². The predicted molar refractivity (Wildman–Crippen MR) is 52.2 cm³/mol. The summed E-state index contributed by atoms with van der Waals surface area (Å²) in [5.41, 5.74) is 6.53. The summed E-state index contributed by atoms with van der Waals surface area (Å²) in [5, 5.41) is 2.96. The highest BCUT2D eigenvalue weighted by Crippen LogP contribution is 2.22. The summed E-state index contributed by atoms with van der Waals surface area (Å²) in [6, 6.07) is 5.16. The summed E-state index contributed by atoms with van der Waals surface area (Å²) in [6.45, 7) is 0. The normalized spacial score (nSPS) is 9.50. The Kier molecular flexibility index (Phi) is 2.70. The first-order valence-corrected chi connectivity index (χ1v) is 4.21. The smallest absolute Gasteiger partial charge is 0.248 e. The van der Waals surface area contributed by atoms with Crippen molar-refractivity contribution in [2.75, 3.05) is 12.4 Å². The summed E-state index contributed by atoms with van der Waals surface area (Å²) >= 11 is 3.31. The molecular weight excluding hydrogens is 220 g/mol. The zero-order chi connectivity index (χ0) is 9.14. The molecule has 0 aliphatic heterocycles. The van der Waals surface area contributed by atoms with E-state index in [0.717, 1.165) is 10.2 Å². The van der Waals surface area contributed by atoms with Gasteiger partial charge in [0, 0.05) is 22.8 Å². The fraction of sp³-hybridized carbons (Fsp3) is 0.125. The summed E-state index contributed by atoms with van der Waals surface area (Å²) < 4.78 is 0.835. The highest BCUT2D eigenvalue weighted by atomic mass is 79.9. The molecule has 0 unspecified atom stereocenters. The van der Waals surface area contributed by atoms with E-state index >= 15 is 0 Å². The summed E-state index contributed by atoms with van der Waals surface area (Å²) in [4.78, 5) is 10.7. The standard InChI is InChI=1S/C8H9BrN2O/c1-11-7-3-2-5(8(10)12)4-6(7)9/h2-4,11H,1H3,(H2,10,12). The minimum absolute atomic E-state index is 0.418. The number of primary amides is 1. The number of nitrogens with two attached hydrogens (primary N) is 1. The fourth-order valence-electron chi connectivity index (χ4n) is 0.871. The lowest BCUT2D eigenvalue weighted by atomic mass is 10.2. The minimum Gasteiger partial charge on any atom is -0.387 e. The molecule has 0 spiro atoms. The molecule has 3 nitrogen and oxygen atoms in total. The van der Waals surface area contributed by atoms with Gasteiger partial charge in [-0.25, -0.2) is 0 Å². The Morgan fingerprint density at radius 2 is 2.25 bits per heavy atom. The lowest BCUT2D eigenvalue weighted by Gasteiger charge is -2.03. The van der Waals surface area contributed by atoms with Crippen LogP contribution >= 0.6 is 15.9 Å². The third-order valence-corrected chi connectivity index (χ3v) is 2.18. The van der Waals surface area contributed by atoms with Crippen molar-refractivity contribution in [3.8, 4) is 0 Å². The molecule has 1 aromatic carbocycles. The van der Waals surface area contributed by atoms with Gasteiger partial charge in [0.15, 0.2) is 0 Å². The van der Waals surface area contributed by atoms with Crippen LogP contribution in [0.5, 0.6) is 0 Å². The Hall–Kier alpha value is -1.03. The van der Waals surface area contributed by atoms with Crippen molar-refractivity contribution in [1.29, 1.82) is 0 Å². The van der Waals surface area contributed by atoms with E-state index in [0.29, 0.717) is 5.56 Å². The summed E-state index contributed by atoms with van der Waals surface area (Å²) in [5.74, 6) is -0.418. The molecule has 64 valence electrons. The first-order valence-electron chi connectivity index (χ1n) is 3.42. The van der Waals surface area contributed by atoms with Gasteiger partial charge in [-0.3, -0.25) is 4.79 Å². The molecule has 0 aliphatic carbocycles. The SMILES string of the molecule is CNc1ccc(C(N)=O)cc1Br. The van der Waals surface area contributed by atoms with Crippen molar-refractivity contribution in [1.82, 2.24) is 0 Å². The van der Waals surface area contributed by atoms with Crippen molar-refractivity contribution in [3.63, 3.8) is 0 Å². The first-order chi connectivity index (χ1) is 5.65. The quantitative estimate of drug-likeness (QED) is 0.808. The lowest BCUT2D eigenvalue weighted by Crippen LogP contribution is -2.10. The second-order valence-corrected chi connectivity index (χ2v) is 3.16. The maximum Gasteiger partial charge on any atom is 0.248 e. The number of benzene rings is 1. The summed E-state index contributed by atoms with van der Waals surface area (Å²) in [7, 11) is 1.81. The van der Waals surface area contributed by atoms with E-state index in [1.165, 1.54) is 0 Å². The van der Waals surface area contributed by atoms with Crippen molar-refractivity contribution in [3.05, 3.63) is 28.2 Å². The van der Waals surface area contributed by atoms with Crippen LogP contribution < -0.4 is 11.1 Å². The zero-order valence-electron chi connectivity index (χ0n) is 6.60. The molecule has 1 amide bonds. The second-order valence-electron chi connectivity index (χ2n) is 2.31. The number of rotatable bonds is 2. The molecule has 12 heavy (non-hydrogen) atoms. The number of hydrogen-bond donors (Lipinski definition) is 2. The third-order valence-electron chi connectivity index (χ3n) is 1.52. The second kappa shape index (κ2) is 3.58. The molecule has 0 fully saturated rings. The number of carbonyl (C=O) groups excluding carboxylic acids is 1. The zero-order valence-corrected chi connectivity index (χ0v) is 8.18. The average molecular weight is 229 g/mol. The van der Waals surface area contributed by atoms with E-state index < -0.39 is 5.91 Å². The maximum absolute atomic E-state index is 10.7. The molecular formula is C8H9BrN2O. The van der Waals surface area contributed by atoms with Gasteiger partial charge in [-0.1, -0.05) is 0 Å². The number of anilines is 1. The van der Waals surface area contributed by atoms with Gasteiger partial charge in [0.25, 0.3) is 0 Å². The van der Waals surface area contributed by atoms with E-state index in [9.17, 15) is 4.79 Å². The topological polar surface area (TPSA) is 55.1 Å². The van der Waals surface area contributed by atoms with Crippen LogP contribution in [0.1, 0.15) is 10.4 Å². The Morgan fingerprint density at radius 3 is 2.67 bits per heavy atom. The molecule has 0 saturated heterocycles. The maximum atomic E-state index is 10.7. The average Bonchev–Trinajstić information content (AvgIpc) is 2.04. The first kappa shape index (κ1) is 9.06. The van der Waals surface area contributed by atoms with Crippen LogP contribution in [0.2, 0.25) is 0 Å². The number of carbonyl (C=O) groups is 1. The van der Waals surface area contributed by atoms with Gasteiger partial charge in [0.05, 0.1) is 0 Å². The van der Waals surface area contributed by atoms with E-state index in [1.54, 1.807) is 18.2 Å². The third kappa shape index (κ3) is 1.76. The van der Waals surface area contributed by atoms with E-state index in [4.69, 9.17) is 5.73 Å². The largest absolute Gasteiger partial charge is 0.387 e. The van der Waals surface area contributed by atoms with Gasteiger partial charge >= 0.3 is 0 Å². The van der Waals surface area contributed by atoms with E-state index in [-0.39, 0.29) is 0 Å². The molecule has 0 radical (unpaired) electrons. The monoisotopic (exact) mass is 228 g/mol. The Labute approximate surface area is 79.1 Å². The van der Waals surface area contributed by atoms with Gasteiger partial charge < -0.3 is 11.1 Å².